The predicted octanol–water partition coefficient (Wildman–Crippen LogP) is 4.02. The van der Waals surface area contributed by atoms with Crippen LogP contribution in [0.15, 0.2) is 21.6 Å². The molecular formula is C15H15BrFN3O. The fourth-order valence-corrected chi connectivity index (χ4v) is 3.11. The summed E-state index contributed by atoms with van der Waals surface area (Å²) in [5, 5.41) is 4.45. The molecule has 1 aromatic carbocycles. The highest BCUT2D eigenvalue weighted by atomic mass is 79.9. The second kappa shape index (κ2) is 5.26. The van der Waals surface area contributed by atoms with Crippen LogP contribution in [0.5, 0.6) is 11.6 Å². The summed E-state index contributed by atoms with van der Waals surface area (Å²) in [6.45, 7) is 6.85. The van der Waals surface area contributed by atoms with Crippen LogP contribution in [-0.4, -0.2) is 22.0 Å². The van der Waals surface area contributed by atoms with Crippen molar-refractivity contribution in [2.45, 2.75) is 27.3 Å². The summed E-state index contributed by atoms with van der Waals surface area (Å²) in [4.78, 5) is 4.41. The van der Waals surface area contributed by atoms with Gasteiger partial charge in [-0.2, -0.15) is 0 Å². The molecular weight excluding hydrogens is 337 g/mol. The Labute approximate surface area is 130 Å². The van der Waals surface area contributed by atoms with Crippen LogP contribution >= 0.6 is 15.9 Å². The monoisotopic (exact) mass is 351 g/mol. The Kier molecular flexibility index (Phi) is 3.57. The Hall–Kier alpha value is -1.69. The summed E-state index contributed by atoms with van der Waals surface area (Å²) < 4.78 is 22.2. The first kappa shape index (κ1) is 14.3. The van der Waals surface area contributed by atoms with Crippen molar-refractivity contribution in [3.8, 4) is 11.6 Å². The molecule has 0 aliphatic carbocycles. The van der Waals surface area contributed by atoms with Gasteiger partial charge >= 0.3 is 0 Å². The van der Waals surface area contributed by atoms with E-state index in [0.717, 1.165) is 29.0 Å². The largest absolute Gasteiger partial charge is 0.437 e. The summed E-state index contributed by atoms with van der Waals surface area (Å²) in [6, 6.07) is 3.35. The van der Waals surface area contributed by atoms with Crippen LogP contribution in [0.3, 0.4) is 0 Å². The molecule has 0 spiro atoms. The van der Waals surface area contributed by atoms with Crippen LogP contribution in [0.2, 0.25) is 0 Å². The van der Waals surface area contributed by atoms with Gasteiger partial charge in [-0.05, 0) is 60.0 Å². The lowest BCUT2D eigenvalue weighted by molar-refractivity contribution is 0.443. The van der Waals surface area contributed by atoms with Gasteiger partial charge in [-0.15, -0.1) is 5.10 Å². The van der Waals surface area contributed by atoms with Gasteiger partial charge in [0, 0.05) is 0 Å². The van der Waals surface area contributed by atoms with Crippen LogP contribution in [-0.2, 0) is 6.54 Å². The van der Waals surface area contributed by atoms with Crippen molar-refractivity contribution < 1.29 is 9.13 Å². The summed E-state index contributed by atoms with van der Waals surface area (Å²) in [5.74, 6) is 0.859. The minimum atomic E-state index is -0.200. The maximum atomic E-state index is 13.7. The second-order valence-corrected chi connectivity index (χ2v) is 5.92. The van der Waals surface area contributed by atoms with Crippen LogP contribution in [0.4, 0.5) is 4.39 Å². The van der Waals surface area contributed by atoms with E-state index < -0.39 is 0 Å². The fourth-order valence-electron chi connectivity index (χ4n) is 2.45. The number of aryl methyl sites for hydroxylation is 2. The smallest absolute Gasteiger partial charge is 0.253 e. The zero-order valence-corrected chi connectivity index (χ0v) is 13.7. The van der Waals surface area contributed by atoms with E-state index in [1.807, 2.05) is 11.6 Å². The molecule has 0 N–H and O–H groups in total. The summed E-state index contributed by atoms with van der Waals surface area (Å²) in [5.41, 5.74) is 2.99. The number of aliphatic imine (C=N–C) groups is 1. The lowest BCUT2D eigenvalue weighted by atomic mass is 10.1. The molecule has 0 saturated carbocycles. The number of fused-ring (bicyclic) bond motifs is 1. The standard InChI is InChI=1S/C15H15BrFN3O/c1-8-6-11(7-9(2)13(8)17)21-15-12(16)14-10(3)18-4-5-20(14)19-15/h6-7H,4-5H2,1-3H3. The maximum absolute atomic E-state index is 13.7. The van der Waals surface area contributed by atoms with Crippen molar-refractivity contribution in [2.75, 3.05) is 6.54 Å². The molecule has 21 heavy (non-hydrogen) atoms. The third-order valence-electron chi connectivity index (χ3n) is 3.49. The van der Waals surface area contributed by atoms with Crippen LogP contribution in [0.1, 0.15) is 23.7 Å². The van der Waals surface area contributed by atoms with Gasteiger partial charge in [0.05, 0.1) is 18.8 Å². The van der Waals surface area contributed by atoms with E-state index in [4.69, 9.17) is 4.74 Å². The lowest BCUT2D eigenvalue weighted by Crippen LogP contribution is -2.17. The molecule has 0 fully saturated rings. The molecule has 110 valence electrons. The normalized spacial score (nSPS) is 13.9. The van der Waals surface area contributed by atoms with Gasteiger partial charge < -0.3 is 4.74 Å². The molecule has 0 amide bonds. The minimum Gasteiger partial charge on any atom is -0.437 e. The van der Waals surface area contributed by atoms with Crippen LogP contribution in [0, 0.1) is 19.7 Å². The van der Waals surface area contributed by atoms with Crippen molar-refractivity contribution in [3.63, 3.8) is 0 Å². The Morgan fingerprint density at radius 2 is 1.90 bits per heavy atom. The second-order valence-electron chi connectivity index (χ2n) is 5.13. The summed E-state index contributed by atoms with van der Waals surface area (Å²) >= 11 is 3.52. The average molecular weight is 352 g/mol. The predicted molar refractivity (Wildman–Crippen MR) is 83.0 cm³/mol. The topological polar surface area (TPSA) is 39.4 Å². The Balaban J connectivity index is 1.98. The molecule has 2 heterocycles. The number of nitrogens with zero attached hydrogens (tertiary/aromatic N) is 3. The maximum Gasteiger partial charge on any atom is 0.253 e. The zero-order valence-electron chi connectivity index (χ0n) is 12.1. The van der Waals surface area contributed by atoms with Gasteiger partial charge in [-0.25, -0.2) is 4.39 Å². The first-order valence-electron chi connectivity index (χ1n) is 6.69. The number of ether oxygens (including phenoxy) is 1. The number of hydrogen-bond acceptors (Lipinski definition) is 3. The fraction of sp³-hybridized carbons (Fsp3) is 0.333. The van der Waals surface area contributed by atoms with Crippen molar-refractivity contribution >= 4 is 21.6 Å². The molecule has 0 bridgehead atoms. The molecule has 0 saturated heterocycles. The number of hydrogen-bond donors (Lipinski definition) is 0. The van der Waals surface area contributed by atoms with E-state index >= 15 is 0 Å². The highest BCUT2D eigenvalue weighted by Crippen LogP contribution is 2.34. The third kappa shape index (κ3) is 2.48. The molecule has 2 aromatic rings. The van der Waals surface area contributed by atoms with Gasteiger partial charge in [-0.1, -0.05) is 0 Å². The zero-order chi connectivity index (χ0) is 15.1. The third-order valence-corrected chi connectivity index (χ3v) is 4.21. The lowest BCUT2D eigenvalue weighted by Gasteiger charge is -2.10. The molecule has 1 aliphatic rings. The Bertz CT molecular complexity index is 729. The Morgan fingerprint density at radius 1 is 1.24 bits per heavy atom. The molecule has 4 nitrogen and oxygen atoms in total. The highest BCUT2D eigenvalue weighted by molar-refractivity contribution is 9.10. The van der Waals surface area contributed by atoms with Crippen molar-refractivity contribution in [1.82, 2.24) is 9.78 Å². The number of rotatable bonds is 2. The molecule has 0 radical (unpaired) electrons. The molecule has 1 aromatic heterocycles. The van der Waals surface area contributed by atoms with Gasteiger partial charge in [0.25, 0.3) is 5.88 Å². The van der Waals surface area contributed by atoms with E-state index in [1.165, 1.54) is 0 Å². The summed E-state index contributed by atoms with van der Waals surface area (Å²) in [7, 11) is 0. The Morgan fingerprint density at radius 3 is 2.52 bits per heavy atom. The molecule has 0 unspecified atom stereocenters. The molecule has 1 aliphatic heterocycles. The SMILES string of the molecule is CC1=NCCn2nc(Oc3cc(C)c(F)c(C)c3)c(Br)c21. The molecule has 6 heteroatoms. The number of aromatic nitrogens is 2. The number of halogens is 2. The first-order valence-corrected chi connectivity index (χ1v) is 7.49. The van der Waals surface area contributed by atoms with Gasteiger partial charge in [0.15, 0.2) is 0 Å². The van der Waals surface area contributed by atoms with Crippen molar-refractivity contribution in [3.05, 3.63) is 39.2 Å². The van der Waals surface area contributed by atoms with E-state index in [-0.39, 0.29) is 5.82 Å². The van der Waals surface area contributed by atoms with E-state index in [0.29, 0.717) is 22.8 Å². The van der Waals surface area contributed by atoms with Crippen molar-refractivity contribution in [1.29, 1.82) is 0 Å². The van der Waals surface area contributed by atoms with Crippen LogP contribution in [0.25, 0.3) is 0 Å². The van der Waals surface area contributed by atoms with Crippen LogP contribution < -0.4 is 4.74 Å². The first-order chi connectivity index (χ1) is 9.97. The summed E-state index contributed by atoms with van der Waals surface area (Å²) in [6.07, 6.45) is 0. The van der Waals surface area contributed by atoms with Gasteiger partial charge in [-0.3, -0.25) is 9.67 Å². The quantitative estimate of drug-likeness (QED) is 0.819. The average Bonchev–Trinajstić information content (AvgIpc) is 2.74. The van der Waals surface area contributed by atoms with Gasteiger partial charge in [0.2, 0.25) is 0 Å². The van der Waals surface area contributed by atoms with E-state index in [1.54, 1.807) is 26.0 Å². The molecule has 0 atom stereocenters. The van der Waals surface area contributed by atoms with Gasteiger partial charge in [0.1, 0.15) is 21.7 Å². The number of benzene rings is 1. The highest BCUT2D eigenvalue weighted by Gasteiger charge is 2.22. The van der Waals surface area contributed by atoms with E-state index in [9.17, 15) is 4.39 Å². The van der Waals surface area contributed by atoms with E-state index in [2.05, 4.69) is 26.0 Å². The minimum absolute atomic E-state index is 0.200. The molecule has 3 rings (SSSR count). The van der Waals surface area contributed by atoms with Crippen molar-refractivity contribution in [2.24, 2.45) is 4.99 Å².